The molecule has 2 aromatic heterocycles. The molecule has 2 aromatic rings. The maximum atomic E-state index is 6.26. The predicted octanol–water partition coefficient (Wildman–Crippen LogP) is 4.84. The minimum atomic E-state index is 0.166. The van der Waals surface area contributed by atoms with Gasteiger partial charge in [-0.25, -0.2) is 0 Å². The van der Waals surface area contributed by atoms with Gasteiger partial charge in [0, 0.05) is 17.5 Å². The van der Waals surface area contributed by atoms with E-state index in [1.807, 2.05) is 12.1 Å². The number of pyridine rings is 1. The summed E-state index contributed by atoms with van der Waals surface area (Å²) in [4.78, 5) is 5.75. The largest absolute Gasteiger partial charge is 0.308 e. The second kappa shape index (κ2) is 7.39. The molecular weight excluding hydrogens is 344 g/mol. The Balaban J connectivity index is 2.18. The molecule has 2 rings (SSSR count). The van der Waals surface area contributed by atoms with E-state index in [9.17, 15) is 0 Å². The smallest absolute Gasteiger partial charge is 0.0762 e. The van der Waals surface area contributed by atoms with Gasteiger partial charge >= 0.3 is 0 Å². The highest BCUT2D eigenvalue weighted by atomic mass is 79.9. The Labute approximate surface area is 131 Å². The molecule has 0 saturated carbocycles. The fourth-order valence-electron chi connectivity index (χ4n) is 1.90. The molecule has 102 valence electrons. The highest BCUT2D eigenvalue weighted by Crippen LogP contribution is 2.28. The van der Waals surface area contributed by atoms with E-state index in [0.29, 0.717) is 0 Å². The van der Waals surface area contributed by atoms with Crippen LogP contribution in [0.1, 0.15) is 30.0 Å². The van der Waals surface area contributed by atoms with E-state index in [1.165, 1.54) is 4.88 Å². The second-order valence-electron chi connectivity index (χ2n) is 4.29. The fraction of sp³-hybridized carbons (Fsp3) is 0.357. The summed E-state index contributed by atoms with van der Waals surface area (Å²) >= 11 is 11.5. The van der Waals surface area contributed by atoms with E-state index in [-0.39, 0.29) is 6.04 Å². The first-order valence-electron chi connectivity index (χ1n) is 6.28. The monoisotopic (exact) mass is 358 g/mol. The van der Waals surface area contributed by atoms with Crippen molar-refractivity contribution in [1.29, 1.82) is 0 Å². The van der Waals surface area contributed by atoms with Crippen LogP contribution in [0.2, 0.25) is 5.02 Å². The third kappa shape index (κ3) is 4.28. The Morgan fingerprint density at radius 3 is 2.89 bits per heavy atom. The standard InChI is InChI=1S/C14H16BrClN2S/c1-2-7-17-12(9-10-5-6-13(15)19-10)14-11(16)4-3-8-18-14/h3-6,8,12,17H,2,7,9H2,1H3. The van der Waals surface area contributed by atoms with Gasteiger partial charge in [-0.1, -0.05) is 18.5 Å². The lowest BCUT2D eigenvalue weighted by Gasteiger charge is -2.18. The SMILES string of the molecule is CCCNC(Cc1ccc(Br)s1)c1ncccc1Cl. The molecule has 5 heteroatoms. The molecule has 2 heterocycles. The highest BCUT2D eigenvalue weighted by Gasteiger charge is 2.16. The minimum absolute atomic E-state index is 0.166. The first-order chi connectivity index (χ1) is 9.20. The summed E-state index contributed by atoms with van der Waals surface area (Å²) in [5.41, 5.74) is 0.933. The Kier molecular flexibility index (Phi) is 5.82. The van der Waals surface area contributed by atoms with E-state index in [1.54, 1.807) is 17.5 Å². The normalized spacial score (nSPS) is 12.6. The van der Waals surface area contributed by atoms with Gasteiger partial charge < -0.3 is 5.32 Å². The van der Waals surface area contributed by atoms with E-state index >= 15 is 0 Å². The molecule has 1 N–H and O–H groups in total. The van der Waals surface area contributed by atoms with Crippen molar-refractivity contribution in [3.05, 3.63) is 49.8 Å². The van der Waals surface area contributed by atoms with Crippen molar-refractivity contribution < 1.29 is 0 Å². The van der Waals surface area contributed by atoms with Gasteiger partial charge in [-0.2, -0.15) is 0 Å². The highest BCUT2D eigenvalue weighted by molar-refractivity contribution is 9.11. The molecule has 1 atom stereocenters. The first-order valence-corrected chi connectivity index (χ1v) is 8.27. The van der Waals surface area contributed by atoms with Gasteiger partial charge in [0.1, 0.15) is 0 Å². The van der Waals surface area contributed by atoms with Gasteiger partial charge in [0.15, 0.2) is 0 Å². The van der Waals surface area contributed by atoms with Crippen LogP contribution < -0.4 is 5.32 Å². The number of nitrogens with zero attached hydrogens (tertiary/aromatic N) is 1. The molecule has 0 saturated heterocycles. The maximum absolute atomic E-state index is 6.26. The molecule has 19 heavy (non-hydrogen) atoms. The van der Waals surface area contributed by atoms with Gasteiger partial charge in [0.25, 0.3) is 0 Å². The summed E-state index contributed by atoms with van der Waals surface area (Å²) < 4.78 is 1.16. The third-order valence-corrected chi connectivity index (χ3v) is 4.76. The zero-order valence-electron chi connectivity index (χ0n) is 10.7. The topological polar surface area (TPSA) is 24.9 Å². The minimum Gasteiger partial charge on any atom is -0.308 e. The average molecular weight is 360 g/mol. The Hall–Kier alpha value is -0.420. The predicted molar refractivity (Wildman–Crippen MR) is 86.0 cm³/mol. The molecule has 0 spiro atoms. The Morgan fingerprint density at radius 1 is 1.42 bits per heavy atom. The Morgan fingerprint density at radius 2 is 2.26 bits per heavy atom. The van der Waals surface area contributed by atoms with Crippen LogP contribution in [0, 0.1) is 0 Å². The van der Waals surface area contributed by atoms with Crippen LogP contribution in [0.4, 0.5) is 0 Å². The quantitative estimate of drug-likeness (QED) is 0.798. The van der Waals surface area contributed by atoms with Crippen molar-refractivity contribution in [2.75, 3.05) is 6.54 Å². The van der Waals surface area contributed by atoms with Gasteiger partial charge in [-0.3, -0.25) is 4.98 Å². The van der Waals surface area contributed by atoms with Crippen LogP contribution in [0.15, 0.2) is 34.2 Å². The lowest BCUT2D eigenvalue weighted by atomic mass is 10.1. The van der Waals surface area contributed by atoms with Crippen LogP contribution in [0.5, 0.6) is 0 Å². The van der Waals surface area contributed by atoms with Crippen molar-refractivity contribution in [3.63, 3.8) is 0 Å². The van der Waals surface area contributed by atoms with Crippen LogP contribution in [-0.2, 0) is 6.42 Å². The second-order valence-corrected chi connectivity index (χ2v) is 7.24. The summed E-state index contributed by atoms with van der Waals surface area (Å²) in [6.45, 7) is 3.12. The van der Waals surface area contributed by atoms with E-state index in [0.717, 1.165) is 33.9 Å². The molecule has 0 fully saturated rings. The molecule has 0 amide bonds. The third-order valence-electron chi connectivity index (χ3n) is 2.79. The molecular formula is C14H16BrClN2S. The average Bonchev–Trinajstić information content (AvgIpc) is 2.81. The Bertz CT molecular complexity index is 530. The molecule has 1 unspecified atom stereocenters. The summed E-state index contributed by atoms with van der Waals surface area (Å²) in [5.74, 6) is 0. The molecule has 0 aromatic carbocycles. The summed E-state index contributed by atoms with van der Waals surface area (Å²) in [6.07, 6.45) is 3.80. The van der Waals surface area contributed by atoms with E-state index in [4.69, 9.17) is 11.6 Å². The molecule has 0 aliphatic rings. The number of hydrogen-bond donors (Lipinski definition) is 1. The van der Waals surface area contributed by atoms with Gasteiger partial charge in [-0.15, -0.1) is 11.3 Å². The number of rotatable bonds is 6. The van der Waals surface area contributed by atoms with Crippen LogP contribution >= 0.6 is 38.9 Å². The summed E-state index contributed by atoms with van der Waals surface area (Å²) in [6, 6.07) is 8.15. The number of aromatic nitrogens is 1. The van der Waals surface area contributed by atoms with E-state index < -0.39 is 0 Å². The first kappa shape index (κ1) is 15.0. The molecule has 0 bridgehead atoms. The lowest BCUT2D eigenvalue weighted by Crippen LogP contribution is -2.25. The van der Waals surface area contributed by atoms with Crippen LogP contribution in [0.25, 0.3) is 0 Å². The van der Waals surface area contributed by atoms with Gasteiger partial charge in [0.2, 0.25) is 0 Å². The van der Waals surface area contributed by atoms with Crippen molar-refractivity contribution in [3.8, 4) is 0 Å². The molecule has 0 aliphatic heterocycles. The van der Waals surface area contributed by atoms with Gasteiger partial charge in [0.05, 0.1) is 20.5 Å². The van der Waals surface area contributed by atoms with E-state index in [2.05, 4.69) is 45.3 Å². The number of thiophene rings is 1. The van der Waals surface area contributed by atoms with Crippen molar-refractivity contribution in [2.45, 2.75) is 25.8 Å². The molecule has 0 radical (unpaired) electrons. The van der Waals surface area contributed by atoms with Gasteiger partial charge in [-0.05, 0) is 53.2 Å². The maximum Gasteiger partial charge on any atom is 0.0762 e. The fourth-order valence-corrected chi connectivity index (χ4v) is 3.68. The number of halogens is 2. The van der Waals surface area contributed by atoms with Crippen molar-refractivity contribution in [1.82, 2.24) is 10.3 Å². The van der Waals surface area contributed by atoms with Crippen molar-refractivity contribution >= 4 is 38.9 Å². The zero-order valence-corrected chi connectivity index (χ0v) is 13.9. The molecule has 0 aliphatic carbocycles. The number of hydrogen-bond acceptors (Lipinski definition) is 3. The summed E-state index contributed by atoms with van der Waals surface area (Å²) in [7, 11) is 0. The lowest BCUT2D eigenvalue weighted by molar-refractivity contribution is 0.521. The van der Waals surface area contributed by atoms with Crippen LogP contribution in [-0.4, -0.2) is 11.5 Å². The summed E-state index contributed by atoms with van der Waals surface area (Å²) in [5, 5.41) is 4.26. The zero-order chi connectivity index (χ0) is 13.7. The number of nitrogens with one attached hydrogen (secondary N) is 1. The van der Waals surface area contributed by atoms with Crippen LogP contribution in [0.3, 0.4) is 0 Å². The molecule has 2 nitrogen and oxygen atoms in total. The van der Waals surface area contributed by atoms with Crippen molar-refractivity contribution in [2.24, 2.45) is 0 Å².